The van der Waals surface area contributed by atoms with Crippen LogP contribution in [0.25, 0.3) is 5.57 Å². The van der Waals surface area contributed by atoms with Gasteiger partial charge in [0.1, 0.15) is 21.1 Å². The molecule has 2 atom stereocenters. The lowest BCUT2D eigenvalue weighted by Crippen LogP contribution is -2.81. The van der Waals surface area contributed by atoms with Gasteiger partial charge in [0.25, 0.3) is 11.8 Å². The zero-order chi connectivity index (χ0) is 27.0. The Morgan fingerprint density at radius 1 is 1.18 bits per heavy atom. The maximum absolute atomic E-state index is 14.2. The van der Waals surface area contributed by atoms with Gasteiger partial charge in [-0.25, -0.2) is 9.78 Å². The number of amides is 2. The fraction of sp³-hybridized carbons (Fsp3) is 0.185. The lowest BCUT2D eigenvalue weighted by Gasteiger charge is -2.59. The first-order valence-electron chi connectivity index (χ1n) is 11.7. The number of nitrogens with one attached hydrogen (secondary N) is 1. The number of thioether (sulfide) groups is 1. The van der Waals surface area contributed by atoms with E-state index in [1.165, 1.54) is 22.7 Å². The number of benzene rings is 2. The molecule has 2 aliphatic heterocycles. The van der Waals surface area contributed by atoms with Gasteiger partial charge in [0.15, 0.2) is 10.7 Å². The van der Waals surface area contributed by atoms with Crippen LogP contribution in [0.15, 0.2) is 78.5 Å². The number of hydrogen-bond acceptors (Lipinski definition) is 7. The number of hydrogen-bond donors (Lipinski definition) is 3. The van der Waals surface area contributed by atoms with E-state index in [-0.39, 0.29) is 26.4 Å². The van der Waals surface area contributed by atoms with Crippen LogP contribution in [0.3, 0.4) is 0 Å². The van der Waals surface area contributed by atoms with Crippen LogP contribution < -0.4 is 11.1 Å². The summed E-state index contributed by atoms with van der Waals surface area (Å²) in [6, 6.07) is 18.8. The molecule has 3 aromatic rings. The molecule has 1 unspecified atom stereocenters. The molecule has 1 fully saturated rings. The second-order valence-electron chi connectivity index (χ2n) is 8.71. The Kier molecular flexibility index (Phi) is 7.04. The lowest BCUT2D eigenvalue weighted by molar-refractivity contribution is -0.159. The van der Waals surface area contributed by atoms with Crippen molar-refractivity contribution in [3.8, 4) is 0 Å². The summed E-state index contributed by atoms with van der Waals surface area (Å²) in [5, 5.41) is 12.4. The fourth-order valence-electron chi connectivity index (χ4n) is 5.07. The normalized spacial score (nSPS) is 21.0. The Morgan fingerprint density at radius 2 is 1.79 bits per heavy atom. The maximum atomic E-state index is 14.2. The van der Waals surface area contributed by atoms with Crippen LogP contribution in [0.5, 0.6) is 0 Å². The molecule has 0 aliphatic carbocycles. The smallest absolute Gasteiger partial charge is 0.352 e. The third-order valence-corrected chi connectivity index (χ3v) is 8.98. The van der Waals surface area contributed by atoms with E-state index in [0.29, 0.717) is 5.75 Å². The van der Waals surface area contributed by atoms with Gasteiger partial charge in [-0.3, -0.25) is 14.5 Å². The number of anilines is 1. The van der Waals surface area contributed by atoms with Gasteiger partial charge in [0, 0.05) is 11.7 Å². The van der Waals surface area contributed by atoms with Gasteiger partial charge in [-0.15, -0.1) is 11.8 Å². The summed E-state index contributed by atoms with van der Waals surface area (Å²) in [6.45, 7) is 1.68. The highest BCUT2D eigenvalue weighted by molar-refractivity contribution is 8.00. The van der Waals surface area contributed by atoms with Crippen LogP contribution in [-0.4, -0.2) is 49.4 Å². The standard InChI is InChI=1S/C27H23ClN4O4S2/c1-2-17(20-21(28)38-26(29)30-20)22(33)31-27(24(36)32-18(23(34)35)13-14-37-25(27)32)19(15-9-5-3-6-10-15)16-11-7-4-8-12-16/h2-13,19,25H,14H2,1H3,(H2,29,30)(H,31,33)(H,34,35)/b17-2-/t25-,27?/m0/s1. The number of carbonyl (C=O) groups excluding carboxylic acids is 2. The van der Waals surface area contributed by atoms with Gasteiger partial charge in [0.2, 0.25) is 0 Å². The number of carboxylic acids is 1. The summed E-state index contributed by atoms with van der Waals surface area (Å²) in [5.41, 5.74) is 6.24. The number of allylic oxidation sites excluding steroid dienone is 1. The average Bonchev–Trinajstić information content (AvgIpc) is 3.26. The topological polar surface area (TPSA) is 126 Å². The van der Waals surface area contributed by atoms with Crippen molar-refractivity contribution < 1.29 is 19.5 Å². The summed E-state index contributed by atoms with van der Waals surface area (Å²) in [7, 11) is 0. The number of aromatic nitrogens is 1. The SMILES string of the molecule is C/C=C(\C(=O)NC1(C(c2ccccc2)c2ccccc2)C(=O)N2C(C(=O)O)=CCS[C@H]21)c1nc(N)sc1Cl. The molecule has 0 saturated carbocycles. The second-order valence-corrected chi connectivity index (χ2v) is 11.5. The van der Waals surface area contributed by atoms with Gasteiger partial charge >= 0.3 is 5.97 Å². The van der Waals surface area contributed by atoms with E-state index < -0.39 is 34.6 Å². The van der Waals surface area contributed by atoms with Gasteiger partial charge < -0.3 is 16.2 Å². The van der Waals surface area contributed by atoms with Crippen LogP contribution in [0, 0.1) is 0 Å². The van der Waals surface area contributed by atoms with Crippen LogP contribution in [0.1, 0.15) is 29.7 Å². The van der Waals surface area contributed by atoms with Crippen LogP contribution in [0.4, 0.5) is 5.13 Å². The third-order valence-electron chi connectivity index (χ3n) is 6.64. The molecular formula is C27H23ClN4O4S2. The van der Waals surface area contributed by atoms with Crippen molar-refractivity contribution in [2.45, 2.75) is 23.8 Å². The first-order valence-corrected chi connectivity index (χ1v) is 13.9. The van der Waals surface area contributed by atoms with Crippen molar-refractivity contribution in [3.05, 3.63) is 99.7 Å². The number of thiazole rings is 1. The Hall–Kier alpha value is -3.60. The lowest BCUT2D eigenvalue weighted by atomic mass is 9.68. The van der Waals surface area contributed by atoms with E-state index in [0.717, 1.165) is 22.5 Å². The molecule has 11 heteroatoms. The van der Waals surface area contributed by atoms with E-state index in [9.17, 15) is 19.5 Å². The van der Waals surface area contributed by atoms with Crippen molar-refractivity contribution in [1.82, 2.24) is 15.2 Å². The molecule has 3 heterocycles. The van der Waals surface area contributed by atoms with Crippen molar-refractivity contribution in [2.24, 2.45) is 0 Å². The number of nitrogens with zero attached hydrogens (tertiary/aromatic N) is 2. The number of carbonyl (C=O) groups is 3. The second kappa shape index (κ2) is 10.3. The minimum atomic E-state index is -1.50. The van der Waals surface area contributed by atoms with E-state index >= 15 is 0 Å². The van der Waals surface area contributed by atoms with Crippen molar-refractivity contribution in [3.63, 3.8) is 0 Å². The third kappa shape index (κ3) is 4.18. The number of β-lactam (4-membered cyclic amide) rings is 1. The van der Waals surface area contributed by atoms with Gasteiger partial charge in [-0.1, -0.05) is 89.7 Å². The molecule has 1 saturated heterocycles. The van der Waals surface area contributed by atoms with Crippen LogP contribution in [-0.2, 0) is 14.4 Å². The van der Waals surface area contributed by atoms with Crippen LogP contribution in [0.2, 0.25) is 4.34 Å². The molecule has 0 bridgehead atoms. The fourth-order valence-corrected chi connectivity index (χ4v) is 7.38. The zero-order valence-corrected chi connectivity index (χ0v) is 22.5. The molecule has 0 radical (unpaired) electrons. The molecule has 194 valence electrons. The van der Waals surface area contributed by atoms with E-state index in [1.807, 2.05) is 60.7 Å². The molecule has 38 heavy (non-hydrogen) atoms. The molecule has 2 aliphatic rings. The Morgan fingerprint density at radius 3 is 2.29 bits per heavy atom. The van der Waals surface area contributed by atoms with E-state index in [1.54, 1.807) is 13.0 Å². The van der Waals surface area contributed by atoms with Gasteiger partial charge in [-0.05, 0) is 24.1 Å². The maximum Gasteiger partial charge on any atom is 0.352 e. The Balaban J connectivity index is 1.67. The number of rotatable bonds is 7. The van der Waals surface area contributed by atoms with Crippen LogP contribution >= 0.6 is 34.7 Å². The minimum absolute atomic E-state index is 0.0925. The summed E-state index contributed by atoms with van der Waals surface area (Å²) in [5.74, 6) is -2.50. The molecule has 5 rings (SSSR count). The van der Waals surface area contributed by atoms with Crippen molar-refractivity contribution in [2.75, 3.05) is 11.5 Å². The van der Waals surface area contributed by atoms with E-state index in [2.05, 4.69) is 10.3 Å². The Bertz CT molecular complexity index is 1440. The largest absolute Gasteiger partial charge is 0.477 e. The summed E-state index contributed by atoms with van der Waals surface area (Å²) < 4.78 is 0.257. The average molecular weight is 567 g/mol. The highest BCUT2D eigenvalue weighted by atomic mass is 35.5. The number of nitrogen functional groups attached to an aromatic ring is 1. The minimum Gasteiger partial charge on any atom is -0.477 e. The molecular weight excluding hydrogens is 544 g/mol. The summed E-state index contributed by atoms with van der Waals surface area (Å²) >= 11 is 8.78. The van der Waals surface area contributed by atoms with Gasteiger partial charge in [-0.2, -0.15) is 0 Å². The number of fused-ring (bicyclic) bond motifs is 1. The van der Waals surface area contributed by atoms with E-state index in [4.69, 9.17) is 17.3 Å². The highest BCUT2D eigenvalue weighted by Crippen LogP contribution is 2.53. The van der Waals surface area contributed by atoms with Crippen molar-refractivity contribution in [1.29, 1.82) is 0 Å². The molecule has 0 spiro atoms. The molecule has 8 nitrogen and oxygen atoms in total. The molecule has 2 aromatic carbocycles. The first-order chi connectivity index (χ1) is 18.3. The van der Waals surface area contributed by atoms with Gasteiger partial charge in [0.05, 0.1) is 5.57 Å². The predicted molar refractivity (Wildman–Crippen MR) is 150 cm³/mol. The summed E-state index contributed by atoms with van der Waals surface area (Å²) in [4.78, 5) is 45.6. The number of halogens is 1. The first kappa shape index (κ1) is 26.0. The van der Waals surface area contributed by atoms with Crippen molar-refractivity contribution >= 4 is 63.2 Å². The quantitative estimate of drug-likeness (QED) is 0.287. The number of carboxylic acid groups (broad SMARTS) is 1. The predicted octanol–water partition coefficient (Wildman–Crippen LogP) is 4.35. The monoisotopic (exact) mass is 566 g/mol. The molecule has 1 aromatic heterocycles. The summed E-state index contributed by atoms with van der Waals surface area (Å²) in [6.07, 6.45) is 3.09. The highest BCUT2D eigenvalue weighted by Gasteiger charge is 2.68. The molecule has 2 amide bonds. The number of nitrogens with two attached hydrogens (primary N) is 1. The zero-order valence-electron chi connectivity index (χ0n) is 20.1. The Labute approximate surface area is 232 Å². The number of aliphatic carboxylic acids is 1. The molecule has 4 N–H and O–H groups in total.